The van der Waals surface area contributed by atoms with Gasteiger partial charge in [0, 0.05) is 12.2 Å². The summed E-state index contributed by atoms with van der Waals surface area (Å²) in [4.78, 5) is 12.0. The molecule has 0 aliphatic heterocycles. The number of aromatic nitrogens is 2. The number of ether oxygens (including phenoxy) is 1. The van der Waals surface area contributed by atoms with Gasteiger partial charge in [0.25, 0.3) is 0 Å². The van der Waals surface area contributed by atoms with Crippen molar-refractivity contribution in [2.45, 2.75) is 23.7 Å². The Balaban J connectivity index is 2.13. The van der Waals surface area contributed by atoms with E-state index < -0.39 is 15.8 Å². The molecule has 2 aromatic rings. The topological polar surface area (TPSA) is 78.3 Å². The summed E-state index contributed by atoms with van der Waals surface area (Å²) in [6.07, 6.45) is 4.51. The van der Waals surface area contributed by atoms with Crippen LogP contribution in [0.5, 0.6) is 0 Å². The van der Waals surface area contributed by atoms with Gasteiger partial charge in [0.15, 0.2) is 9.84 Å². The number of esters is 1. The summed E-state index contributed by atoms with van der Waals surface area (Å²) in [5, 5.41) is 4.51. The second-order valence-corrected chi connectivity index (χ2v) is 7.93. The summed E-state index contributed by atoms with van der Waals surface area (Å²) < 4.78 is 29.6. The predicted molar refractivity (Wildman–Crippen MR) is 85.0 cm³/mol. The molecular formula is C15H15ClN2O4S. The van der Waals surface area contributed by atoms with Gasteiger partial charge in [-0.15, -0.1) is 0 Å². The molecule has 122 valence electrons. The van der Waals surface area contributed by atoms with Crippen molar-refractivity contribution >= 4 is 27.4 Å². The Morgan fingerprint density at radius 2 is 2.09 bits per heavy atom. The van der Waals surface area contributed by atoms with Crippen LogP contribution in [0.4, 0.5) is 0 Å². The number of halogens is 1. The highest BCUT2D eigenvalue weighted by Crippen LogP contribution is 2.43. The first kappa shape index (κ1) is 16.0. The van der Waals surface area contributed by atoms with E-state index in [1.54, 1.807) is 10.7 Å². The zero-order valence-corrected chi connectivity index (χ0v) is 14.2. The van der Waals surface area contributed by atoms with Crippen molar-refractivity contribution in [1.82, 2.24) is 9.78 Å². The van der Waals surface area contributed by atoms with Crippen molar-refractivity contribution in [2.24, 2.45) is 0 Å². The van der Waals surface area contributed by atoms with E-state index in [1.165, 1.54) is 25.4 Å². The number of rotatable bonds is 4. The molecule has 1 saturated carbocycles. The summed E-state index contributed by atoms with van der Waals surface area (Å²) in [6, 6.07) is 4.47. The average Bonchev–Trinajstić information content (AvgIpc) is 3.24. The molecule has 1 aliphatic carbocycles. The number of hydrogen-bond acceptors (Lipinski definition) is 5. The Bertz CT molecular complexity index is 885. The van der Waals surface area contributed by atoms with Gasteiger partial charge in [-0.3, -0.25) is 0 Å². The molecule has 0 bridgehead atoms. The van der Waals surface area contributed by atoms with Gasteiger partial charge in [-0.05, 0) is 31.0 Å². The molecule has 1 heterocycles. The predicted octanol–water partition coefficient (Wildman–Crippen LogP) is 2.59. The lowest BCUT2D eigenvalue weighted by atomic mass is 10.1. The Hall–Kier alpha value is -1.86. The molecule has 0 spiro atoms. The van der Waals surface area contributed by atoms with E-state index in [0.29, 0.717) is 11.3 Å². The highest BCUT2D eigenvalue weighted by Gasteiger charge is 2.33. The zero-order chi connectivity index (χ0) is 16.8. The van der Waals surface area contributed by atoms with Crippen LogP contribution >= 0.6 is 11.6 Å². The van der Waals surface area contributed by atoms with E-state index in [4.69, 9.17) is 16.3 Å². The molecule has 1 aromatic carbocycles. The summed E-state index contributed by atoms with van der Waals surface area (Å²) in [5.41, 5.74) is 1.71. The molecule has 3 rings (SSSR count). The molecule has 6 nitrogen and oxygen atoms in total. The van der Waals surface area contributed by atoms with Crippen LogP contribution in [0, 0.1) is 0 Å². The number of methoxy groups -OCH3 is 1. The number of benzene rings is 1. The van der Waals surface area contributed by atoms with E-state index in [-0.39, 0.29) is 15.8 Å². The van der Waals surface area contributed by atoms with Gasteiger partial charge in [0.1, 0.15) is 5.56 Å². The van der Waals surface area contributed by atoms with E-state index in [2.05, 4.69) is 5.10 Å². The Labute approximate surface area is 138 Å². The number of carbonyl (C=O) groups excluding carboxylic acids is 1. The minimum absolute atomic E-state index is 0.138. The maximum Gasteiger partial charge on any atom is 0.341 e. The lowest BCUT2D eigenvalue weighted by molar-refractivity contribution is 0.0599. The number of nitrogens with zero attached hydrogens (tertiary/aromatic N) is 2. The number of sulfone groups is 1. The molecule has 1 aliphatic rings. The van der Waals surface area contributed by atoms with Crippen molar-refractivity contribution < 1.29 is 17.9 Å². The maximum atomic E-state index is 11.9. The molecular weight excluding hydrogens is 340 g/mol. The first-order valence-electron chi connectivity index (χ1n) is 6.99. The van der Waals surface area contributed by atoms with Gasteiger partial charge in [0.2, 0.25) is 0 Å². The first-order valence-corrected chi connectivity index (χ1v) is 9.26. The van der Waals surface area contributed by atoms with E-state index in [1.807, 2.05) is 0 Å². The summed E-state index contributed by atoms with van der Waals surface area (Å²) in [5.74, 6) is -0.209. The lowest BCUT2D eigenvalue weighted by Crippen LogP contribution is -2.08. The van der Waals surface area contributed by atoms with Crippen LogP contribution in [0.1, 0.15) is 34.8 Å². The first-order chi connectivity index (χ1) is 10.8. The standard InChI is InChI=1S/C15H15ClN2O4S/c1-22-15(19)11-8-17-18(14(11)9-3-4-9)13-6-5-10(7-12(13)16)23(2,20)21/h5-9H,3-4H2,1-2H3. The Morgan fingerprint density at radius 3 is 2.61 bits per heavy atom. The number of hydrogen-bond donors (Lipinski definition) is 0. The fraction of sp³-hybridized carbons (Fsp3) is 0.333. The summed E-state index contributed by atoms with van der Waals surface area (Å²) in [7, 11) is -2.02. The van der Waals surface area contributed by atoms with Crippen LogP contribution < -0.4 is 0 Å². The third-order valence-corrected chi connectivity index (χ3v) is 5.16. The van der Waals surface area contributed by atoms with E-state index >= 15 is 0 Å². The van der Waals surface area contributed by atoms with Crippen LogP contribution in [-0.2, 0) is 14.6 Å². The van der Waals surface area contributed by atoms with E-state index in [0.717, 1.165) is 24.8 Å². The van der Waals surface area contributed by atoms with Crippen LogP contribution in [-0.4, -0.2) is 37.5 Å². The van der Waals surface area contributed by atoms with Crippen LogP contribution in [0.25, 0.3) is 5.69 Å². The lowest BCUT2D eigenvalue weighted by Gasteiger charge is -2.11. The van der Waals surface area contributed by atoms with Gasteiger partial charge < -0.3 is 4.74 Å². The molecule has 0 N–H and O–H groups in total. The smallest absolute Gasteiger partial charge is 0.341 e. The van der Waals surface area contributed by atoms with Crippen LogP contribution in [0.15, 0.2) is 29.3 Å². The van der Waals surface area contributed by atoms with Crippen molar-refractivity contribution in [3.8, 4) is 5.69 Å². The molecule has 0 unspecified atom stereocenters. The molecule has 0 saturated heterocycles. The van der Waals surface area contributed by atoms with Gasteiger partial charge in [-0.25, -0.2) is 17.9 Å². The normalized spacial score (nSPS) is 14.7. The van der Waals surface area contributed by atoms with Crippen molar-refractivity contribution in [3.05, 3.63) is 40.7 Å². The van der Waals surface area contributed by atoms with Gasteiger partial charge in [0.05, 0.1) is 34.6 Å². The molecule has 1 fully saturated rings. The van der Waals surface area contributed by atoms with E-state index in [9.17, 15) is 13.2 Å². The minimum atomic E-state index is -3.34. The van der Waals surface area contributed by atoms with Crippen molar-refractivity contribution in [1.29, 1.82) is 0 Å². The van der Waals surface area contributed by atoms with Gasteiger partial charge >= 0.3 is 5.97 Å². The minimum Gasteiger partial charge on any atom is -0.465 e. The average molecular weight is 355 g/mol. The van der Waals surface area contributed by atoms with Gasteiger partial charge in [-0.1, -0.05) is 11.6 Å². The molecule has 23 heavy (non-hydrogen) atoms. The van der Waals surface area contributed by atoms with Crippen molar-refractivity contribution in [3.63, 3.8) is 0 Å². The Kier molecular flexibility index (Phi) is 3.93. The Morgan fingerprint density at radius 1 is 1.39 bits per heavy atom. The highest BCUT2D eigenvalue weighted by molar-refractivity contribution is 7.90. The summed E-state index contributed by atoms with van der Waals surface area (Å²) in [6.45, 7) is 0. The fourth-order valence-corrected chi connectivity index (χ4v) is 3.43. The second-order valence-electron chi connectivity index (χ2n) is 5.51. The van der Waals surface area contributed by atoms with Crippen molar-refractivity contribution in [2.75, 3.05) is 13.4 Å². The van der Waals surface area contributed by atoms with Crippen LogP contribution in [0.3, 0.4) is 0 Å². The SMILES string of the molecule is COC(=O)c1cnn(-c2ccc(S(C)(=O)=O)cc2Cl)c1C1CC1. The fourth-order valence-electron chi connectivity index (χ4n) is 2.46. The maximum absolute atomic E-state index is 11.9. The molecule has 1 aromatic heterocycles. The van der Waals surface area contributed by atoms with Crippen LogP contribution in [0.2, 0.25) is 5.02 Å². The molecule has 0 amide bonds. The molecule has 8 heteroatoms. The third kappa shape index (κ3) is 2.98. The van der Waals surface area contributed by atoms with Gasteiger partial charge in [-0.2, -0.15) is 5.10 Å². The molecule has 0 radical (unpaired) electrons. The summed E-state index contributed by atoms with van der Waals surface area (Å²) >= 11 is 6.25. The second kappa shape index (κ2) is 5.65. The zero-order valence-electron chi connectivity index (χ0n) is 12.6. The number of carbonyl (C=O) groups is 1. The monoisotopic (exact) mass is 354 g/mol. The quantitative estimate of drug-likeness (QED) is 0.788. The highest BCUT2D eigenvalue weighted by atomic mass is 35.5. The molecule has 0 atom stereocenters. The third-order valence-electron chi connectivity index (χ3n) is 3.75. The largest absolute Gasteiger partial charge is 0.465 e.